The second kappa shape index (κ2) is 5.60. The molecule has 0 aromatic rings. The van der Waals surface area contributed by atoms with E-state index < -0.39 is 40.6 Å². The van der Waals surface area contributed by atoms with E-state index in [1.807, 2.05) is 0 Å². The number of esters is 1. The van der Waals surface area contributed by atoms with Gasteiger partial charge in [0.25, 0.3) is 0 Å². The summed E-state index contributed by atoms with van der Waals surface area (Å²) in [6.45, 7) is 4.75. The van der Waals surface area contributed by atoms with Crippen LogP contribution in [0.1, 0.15) is 46.5 Å². The highest BCUT2D eigenvalue weighted by Gasteiger charge is 2.72. The van der Waals surface area contributed by atoms with Crippen LogP contribution in [0, 0.1) is 22.7 Å². The first-order chi connectivity index (χ1) is 12.5. The molecule has 0 bridgehead atoms. The van der Waals surface area contributed by atoms with Crippen LogP contribution in [0.25, 0.3) is 0 Å². The molecular formula is C21H25FO5. The van der Waals surface area contributed by atoms with Crippen molar-refractivity contribution in [2.24, 2.45) is 22.7 Å². The summed E-state index contributed by atoms with van der Waals surface area (Å²) in [7, 11) is 0. The largest absolute Gasteiger partial charge is 0.459 e. The minimum absolute atomic E-state index is 0.0464. The van der Waals surface area contributed by atoms with Crippen LogP contribution in [0.3, 0.4) is 0 Å². The predicted octanol–water partition coefficient (Wildman–Crippen LogP) is 2.47. The van der Waals surface area contributed by atoms with Gasteiger partial charge < -0.3 is 9.84 Å². The van der Waals surface area contributed by atoms with Crippen molar-refractivity contribution >= 4 is 17.5 Å². The molecule has 4 aliphatic rings. The minimum Gasteiger partial charge on any atom is -0.459 e. The molecule has 7 atom stereocenters. The van der Waals surface area contributed by atoms with E-state index in [0.717, 1.165) is 0 Å². The van der Waals surface area contributed by atoms with Gasteiger partial charge in [-0.15, -0.1) is 0 Å². The normalized spacial score (nSPS) is 48.4. The predicted molar refractivity (Wildman–Crippen MR) is 94.3 cm³/mol. The smallest absolute Gasteiger partial charge is 0.303 e. The Labute approximate surface area is 157 Å². The number of carbonyl (C=O) groups is 3. The monoisotopic (exact) mass is 376 g/mol. The fraction of sp³-hybridized carbons (Fsp3) is 0.667. The van der Waals surface area contributed by atoms with E-state index in [-0.39, 0.29) is 30.3 Å². The molecule has 0 radical (unpaired) electrons. The van der Waals surface area contributed by atoms with Crippen LogP contribution >= 0.6 is 0 Å². The number of aliphatic hydroxyl groups excluding tert-OH is 1. The number of alkyl halides is 1. The maximum atomic E-state index is 17.1. The molecule has 1 N–H and O–H groups in total. The van der Waals surface area contributed by atoms with Gasteiger partial charge in [0.15, 0.2) is 17.2 Å². The topological polar surface area (TPSA) is 80.7 Å². The van der Waals surface area contributed by atoms with E-state index in [0.29, 0.717) is 18.4 Å². The SMILES string of the molecule is CC(=O)O[C@H]1C[C@]2(C)C(=O)[C@H](O)C[C@H]2[C@@H]2CCC3=CC(=O)C=C[C@]3(C)C12F. The number of Topliss-reactive ketones (excluding diaryl/α,β-unsaturated/α-hetero) is 1. The molecule has 0 heterocycles. The fourth-order valence-corrected chi connectivity index (χ4v) is 6.30. The third-order valence-corrected chi connectivity index (χ3v) is 7.66. The molecule has 3 saturated carbocycles. The van der Waals surface area contributed by atoms with Crippen molar-refractivity contribution in [3.8, 4) is 0 Å². The van der Waals surface area contributed by atoms with Crippen molar-refractivity contribution in [2.45, 2.75) is 64.3 Å². The molecule has 0 aromatic carbocycles. The molecule has 0 aliphatic heterocycles. The molecule has 27 heavy (non-hydrogen) atoms. The third-order valence-electron chi connectivity index (χ3n) is 7.66. The molecule has 4 aliphatic carbocycles. The van der Waals surface area contributed by atoms with Gasteiger partial charge in [-0.3, -0.25) is 14.4 Å². The number of allylic oxidation sites excluding steroid dienone is 4. The number of carbonyl (C=O) groups excluding carboxylic acids is 3. The summed E-state index contributed by atoms with van der Waals surface area (Å²) in [4.78, 5) is 36.3. The van der Waals surface area contributed by atoms with Crippen LogP contribution in [-0.2, 0) is 19.1 Å². The Kier molecular flexibility index (Phi) is 3.84. The fourth-order valence-electron chi connectivity index (χ4n) is 6.30. The first-order valence-corrected chi connectivity index (χ1v) is 9.57. The van der Waals surface area contributed by atoms with Gasteiger partial charge in [0.05, 0.1) is 0 Å². The van der Waals surface area contributed by atoms with Crippen molar-refractivity contribution in [1.29, 1.82) is 0 Å². The van der Waals surface area contributed by atoms with Gasteiger partial charge in [0.2, 0.25) is 0 Å². The van der Waals surface area contributed by atoms with E-state index in [2.05, 4.69) is 0 Å². The summed E-state index contributed by atoms with van der Waals surface area (Å²) < 4.78 is 22.5. The molecule has 6 heteroatoms. The Balaban J connectivity index is 1.88. The zero-order valence-corrected chi connectivity index (χ0v) is 15.8. The Morgan fingerprint density at radius 2 is 2.00 bits per heavy atom. The van der Waals surface area contributed by atoms with E-state index in [1.165, 1.54) is 19.1 Å². The Morgan fingerprint density at radius 1 is 1.30 bits per heavy atom. The van der Waals surface area contributed by atoms with Crippen LogP contribution in [0.2, 0.25) is 0 Å². The summed E-state index contributed by atoms with van der Waals surface area (Å²) in [6.07, 6.45) is 3.54. The van der Waals surface area contributed by atoms with Gasteiger partial charge in [-0.1, -0.05) is 18.6 Å². The van der Waals surface area contributed by atoms with Crippen LogP contribution in [0.15, 0.2) is 23.8 Å². The zero-order chi connectivity index (χ0) is 19.8. The lowest BCUT2D eigenvalue weighted by molar-refractivity contribution is -0.208. The van der Waals surface area contributed by atoms with Crippen molar-refractivity contribution in [1.82, 2.24) is 0 Å². The van der Waals surface area contributed by atoms with Crippen LogP contribution in [-0.4, -0.2) is 40.5 Å². The van der Waals surface area contributed by atoms with Crippen molar-refractivity contribution in [2.75, 3.05) is 0 Å². The molecule has 0 saturated heterocycles. The molecule has 0 amide bonds. The van der Waals surface area contributed by atoms with Gasteiger partial charge in [-0.05, 0) is 44.3 Å². The van der Waals surface area contributed by atoms with Crippen LogP contribution in [0.4, 0.5) is 4.39 Å². The average molecular weight is 376 g/mol. The number of hydrogen-bond donors (Lipinski definition) is 1. The number of ether oxygens (including phenoxy) is 1. The number of aliphatic hydroxyl groups is 1. The van der Waals surface area contributed by atoms with Crippen molar-refractivity contribution < 1.29 is 28.6 Å². The van der Waals surface area contributed by atoms with Gasteiger partial charge in [0.1, 0.15) is 12.2 Å². The maximum Gasteiger partial charge on any atom is 0.303 e. The summed E-state index contributed by atoms with van der Waals surface area (Å²) in [6, 6.07) is 0. The van der Waals surface area contributed by atoms with Crippen LogP contribution < -0.4 is 0 Å². The van der Waals surface area contributed by atoms with E-state index >= 15 is 4.39 Å². The molecule has 0 spiro atoms. The second-order valence-corrected chi connectivity index (χ2v) is 8.96. The second-order valence-electron chi connectivity index (χ2n) is 8.96. The van der Waals surface area contributed by atoms with Gasteiger partial charge in [-0.25, -0.2) is 4.39 Å². The summed E-state index contributed by atoms with van der Waals surface area (Å²) in [5.74, 6) is -1.91. The van der Waals surface area contributed by atoms with E-state index in [9.17, 15) is 19.5 Å². The first-order valence-electron chi connectivity index (χ1n) is 9.57. The molecule has 3 fully saturated rings. The highest BCUT2D eigenvalue weighted by molar-refractivity contribution is 6.01. The molecule has 0 aromatic heterocycles. The Hall–Kier alpha value is -1.82. The summed E-state index contributed by atoms with van der Waals surface area (Å²) in [5.41, 5.74) is -3.22. The number of rotatable bonds is 1. The van der Waals surface area contributed by atoms with E-state index in [1.54, 1.807) is 19.9 Å². The quantitative estimate of drug-likeness (QED) is 0.711. The lowest BCUT2D eigenvalue weighted by Crippen LogP contribution is -2.67. The molecule has 5 nitrogen and oxygen atoms in total. The van der Waals surface area contributed by atoms with Gasteiger partial charge in [0, 0.05) is 30.1 Å². The van der Waals surface area contributed by atoms with E-state index in [4.69, 9.17) is 4.74 Å². The molecule has 146 valence electrons. The average Bonchev–Trinajstić information content (AvgIpc) is 2.80. The molecule has 4 rings (SSSR count). The molecular weight excluding hydrogens is 351 g/mol. The van der Waals surface area contributed by atoms with Crippen molar-refractivity contribution in [3.63, 3.8) is 0 Å². The van der Waals surface area contributed by atoms with Crippen molar-refractivity contribution in [3.05, 3.63) is 23.8 Å². The highest BCUT2D eigenvalue weighted by Crippen LogP contribution is 2.67. The minimum atomic E-state index is -1.94. The Morgan fingerprint density at radius 3 is 2.67 bits per heavy atom. The number of halogens is 1. The summed E-state index contributed by atoms with van der Waals surface area (Å²) in [5, 5.41) is 10.2. The molecule has 1 unspecified atom stereocenters. The summed E-state index contributed by atoms with van der Waals surface area (Å²) >= 11 is 0. The number of ketones is 2. The zero-order valence-electron chi connectivity index (χ0n) is 15.8. The lowest BCUT2D eigenvalue weighted by atomic mass is 9.46. The van der Waals surface area contributed by atoms with Gasteiger partial charge >= 0.3 is 5.97 Å². The number of hydrogen-bond acceptors (Lipinski definition) is 5. The Bertz CT molecular complexity index is 800. The van der Waals surface area contributed by atoms with Crippen LogP contribution in [0.5, 0.6) is 0 Å². The number of fused-ring (bicyclic) bond motifs is 5. The third kappa shape index (κ3) is 2.22. The first kappa shape index (κ1) is 18.5. The van der Waals surface area contributed by atoms with Gasteiger partial charge in [-0.2, -0.15) is 0 Å². The highest BCUT2D eigenvalue weighted by atomic mass is 19.1. The standard InChI is InChI=1S/C21H25FO5/c1-11(23)27-17-10-19(2)15(9-16(25)18(19)26)14-5-4-12-8-13(24)6-7-20(12,3)21(14,17)22/h6-8,14-17,25H,4-5,9-10H2,1-3H3/t14-,15-,16+,17-,19-,20-,21?/m0/s1. The maximum absolute atomic E-state index is 17.1. The lowest BCUT2D eigenvalue weighted by Gasteiger charge is -2.61.